The van der Waals surface area contributed by atoms with E-state index in [-0.39, 0.29) is 5.82 Å². The van der Waals surface area contributed by atoms with Crippen LogP contribution in [-0.2, 0) is 6.18 Å². The third-order valence-electron chi connectivity index (χ3n) is 1.82. The molecule has 0 aromatic carbocycles. The normalized spacial score (nSPS) is 13.6. The molecule has 1 atom stereocenters. The predicted molar refractivity (Wildman–Crippen MR) is 51.8 cm³/mol. The molecule has 0 amide bonds. The average Bonchev–Trinajstić information content (AvgIpc) is 2.16. The number of rotatable bonds is 4. The van der Waals surface area contributed by atoms with Crippen LogP contribution in [0, 0.1) is 0 Å². The van der Waals surface area contributed by atoms with Crippen LogP contribution in [0.1, 0.15) is 19.0 Å². The van der Waals surface area contributed by atoms with Gasteiger partial charge in [-0.1, -0.05) is 0 Å². The lowest BCUT2D eigenvalue weighted by Gasteiger charge is -2.08. The first-order valence-electron chi connectivity index (χ1n) is 4.72. The van der Waals surface area contributed by atoms with E-state index in [1.165, 1.54) is 6.07 Å². The van der Waals surface area contributed by atoms with Crippen molar-refractivity contribution in [1.82, 2.24) is 10.2 Å². The van der Waals surface area contributed by atoms with Crippen LogP contribution in [0.5, 0.6) is 0 Å². The molecule has 90 valence electrons. The van der Waals surface area contributed by atoms with E-state index in [1.54, 1.807) is 6.92 Å². The number of aliphatic hydroxyl groups is 1. The van der Waals surface area contributed by atoms with Gasteiger partial charge in [0, 0.05) is 6.54 Å². The summed E-state index contributed by atoms with van der Waals surface area (Å²) in [5.74, 6) is 0.258. The highest BCUT2D eigenvalue weighted by atomic mass is 19.4. The monoisotopic (exact) mass is 235 g/mol. The van der Waals surface area contributed by atoms with E-state index in [1.807, 2.05) is 0 Å². The molecule has 1 unspecified atom stereocenters. The Balaban J connectivity index is 2.52. The van der Waals surface area contributed by atoms with E-state index in [9.17, 15) is 13.2 Å². The molecule has 1 rings (SSSR count). The minimum absolute atomic E-state index is 0.258. The summed E-state index contributed by atoms with van der Waals surface area (Å²) in [6.45, 7) is 2.05. The number of aliphatic hydroxyl groups excluding tert-OH is 1. The van der Waals surface area contributed by atoms with Gasteiger partial charge >= 0.3 is 6.18 Å². The molecule has 1 aromatic heterocycles. The van der Waals surface area contributed by atoms with E-state index >= 15 is 0 Å². The second-order valence-electron chi connectivity index (χ2n) is 3.37. The van der Waals surface area contributed by atoms with Gasteiger partial charge in [0.25, 0.3) is 0 Å². The molecule has 0 radical (unpaired) electrons. The molecular weight excluding hydrogens is 223 g/mol. The van der Waals surface area contributed by atoms with Crippen molar-refractivity contribution in [3.8, 4) is 0 Å². The molecule has 0 saturated carbocycles. The number of aromatic nitrogens is 2. The molecule has 16 heavy (non-hydrogen) atoms. The summed E-state index contributed by atoms with van der Waals surface area (Å²) in [7, 11) is 0. The van der Waals surface area contributed by atoms with Crippen molar-refractivity contribution >= 4 is 5.82 Å². The molecule has 2 N–H and O–H groups in total. The lowest BCUT2D eigenvalue weighted by molar-refractivity contribution is -0.141. The Morgan fingerprint density at radius 3 is 2.50 bits per heavy atom. The fourth-order valence-electron chi connectivity index (χ4n) is 0.987. The second kappa shape index (κ2) is 5.11. The first-order chi connectivity index (χ1) is 7.39. The zero-order chi connectivity index (χ0) is 12.2. The lowest BCUT2D eigenvalue weighted by Crippen LogP contribution is -2.13. The Morgan fingerprint density at radius 1 is 1.38 bits per heavy atom. The summed E-state index contributed by atoms with van der Waals surface area (Å²) in [5, 5.41) is 18.1. The molecule has 4 nitrogen and oxygen atoms in total. The molecule has 0 aliphatic rings. The van der Waals surface area contributed by atoms with E-state index in [4.69, 9.17) is 5.11 Å². The molecule has 0 aliphatic heterocycles. The summed E-state index contributed by atoms with van der Waals surface area (Å²) in [6, 6.07) is 2.07. The van der Waals surface area contributed by atoms with Gasteiger partial charge in [-0.15, -0.1) is 10.2 Å². The van der Waals surface area contributed by atoms with Crippen molar-refractivity contribution in [3.63, 3.8) is 0 Å². The van der Waals surface area contributed by atoms with Crippen LogP contribution in [0.4, 0.5) is 19.0 Å². The average molecular weight is 235 g/mol. The molecular formula is C9H12F3N3O. The quantitative estimate of drug-likeness (QED) is 0.833. The first kappa shape index (κ1) is 12.7. The van der Waals surface area contributed by atoms with Crippen LogP contribution in [0.3, 0.4) is 0 Å². The van der Waals surface area contributed by atoms with Crippen molar-refractivity contribution in [3.05, 3.63) is 17.8 Å². The van der Waals surface area contributed by atoms with Gasteiger partial charge in [0.15, 0.2) is 5.69 Å². The van der Waals surface area contributed by atoms with Crippen LogP contribution >= 0.6 is 0 Å². The Labute approximate surface area is 90.5 Å². The molecule has 0 bridgehead atoms. The Hall–Kier alpha value is -1.37. The summed E-state index contributed by atoms with van der Waals surface area (Å²) >= 11 is 0. The number of hydrogen-bond acceptors (Lipinski definition) is 4. The van der Waals surface area contributed by atoms with Crippen LogP contribution in [-0.4, -0.2) is 28.0 Å². The molecule has 0 spiro atoms. The fraction of sp³-hybridized carbons (Fsp3) is 0.556. The van der Waals surface area contributed by atoms with Crippen molar-refractivity contribution in [2.45, 2.75) is 25.6 Å². The highest BCUT2D eigenvalue weighted by molar-refractivity contribution is 5.33. The zero-order valence-corrected chi connectivity index (χ0v) is 8.62. The summed E-state index contributed by atoms with van der Waals surface area (Å²) in [4.78, 5) is 0. The van der Waals surface area contributed by atoms with Crippen LogP contribution in [0.25, 0.3) is 0 Å². The molecule has 0 aliphatic carbocycles. The van der Waals surface area contributed by atoms with Crippen LogP contribution in [0.2, 0.25) is 0 Å². The SMILES string of the molecule is CC(O)CCNc1ccc(C(F)(F)F)nn1. The minimum atomic E-state index is -4.47. The van der Waals surface area contributed by atoms with Gasteiger partial charge in [-0.2, -0.15) is 13.2 Å². The number of anilines is 1. The van der Waals surface area contributed by atoms with Gasteiger partial charge in [-0.3, -0.25) is 0 Å². The lowest BCUT2D eigenvalue weighted by atomic mass is 10.3. The number of nitrogens with zero attached hydrogens (tertiary/aromatic N) is 2. The van der Waals surface area contributed by atoms with Gasteiger partial charge in [-0.25, -0.2) is 0 Å². The Kier molecular flexibility index (Phi) is 4.05. The highest BCUT2D eigenvalue weighted by Crippen LogP contribution is 2.26. The van der Waals surface area contributed by atoms with E-state index in [0.717, 1.165) is 6.07 Å². The summed E-state index contributed by atoms with van der Waals surface area (Å²) in [6.07, 6.45) is -4.44. The predicted octanol–water partition coefficient (Wildman–Crippen LogP) is 1.68. The summed E-state index contributed by atoms with van der Waals surface area (Å²) in [5.41, 5.74) is -1.02. The van der Waals surface area contributed by atoms with Crippen molar-refractivity contribution < 1.29 is 18.3 Å². The molecule has 1 heterocycles. The van der Waals surface area contributed by atoms with Gasteiger partial charge < -0.3 is 10.4 Å². The minimum Gasteiger partial charge on any atom is -0.393 e. The van der Waals surface area contributed by atoms with Gasteiger partial charge in [-0.05, 0) is 25.5 Å². The van der Waals surface area contributed by atoms with Gasteiger partial charge in [0.2, 0.25) is 0 Å². The van der Waals surface area contributed by atoms with Crippen molar-refractivity contribution in [1.29, 1.82) is 0 Å². The summed E-state index contributed by atoms with van der Waals surface area (Å²) < 4.78 is 36.4. The third-order valence-corrected chi connectivity index (χ3v) is 1.82. The van der Waals surface area contributed by atoms with Crippen molar-refractivity contribution in [2.75, 3.05) is 11.9 Å². The van der Waals surface area contributed by atoms with Crippen LogP contribution < -0.4 is 5.32 Å². The van der Waals surface area contributed by atoms with Gasteiger partial charge in [0.05, 0.1) is 6.10 Å². The van der Waals surface area contributed by atoms with E-state index in [0.29, 0.717) is 13.0 Å². The van der Waals surface area contributed by atoms with E-state index < -0.39 is 18.0 Å². The zero-order valence-electron chi connectivity index (χ0n) is 8.62. The first-order valence-corrected chi connectivity index (χ1v) is 4.72. The molecule has 1 aromatic rings. The maximum atomic E-state index is 12.1. The topological polar surface area (TPSA) is 58.0 Å². The standard InChI is InChI=1S/C9H12F3N3O/c1-6(16)4-5-13-8-3-2-7(14-15-8)9(10,11)12/h2-3,6,16H,4-5H2,1H3,(H,13,15). The fourth-order valence-corrected chi connectivity index (χ4v) is 0.987. The Bertz CT molecular complexity index is 324. The highest BCUT2D eigenvalue weighted by Gasteiger charge is 2.32. The number of halogens is 3. The Morgan fingerprint density at radius 2 is 2.06 bits per heavy atom. The van der Waals surface area contributed by atoms with E-state index in [2.05, 4.69) is 15.5 Å². The molecule has 0 saturated heterocycles. The van der Waals surface area contributed by atoms with Crippen molar-refractivity contribution in [2.24, 2.45) is 0 Å². The van der Waals surface area contributed by atoms with Gasteiger partial charge in [0.1, 0.15) is 5.82 Å². The van der Waals surface area contributed by atoms with Crippen LogP contribution in [0.15, 0.2) is 12.1 Å². The maximum Gasteiger partial charge on any atom is 0.435 e. The maximum absolute atomic E-state index is 12.1. The largest absolute Gasteiger partial charge is 0.435 e. The third kappa shape index (κ3) is 4.01. The smallest absolute Gasteiger partial charge is 0.393 e. The molecule has 0 fully saturated rings. The second-order valence-corrected chi connectivity index (χ2v) is 3.37. The number of alkyl halides is 3. The number of nitrogens with one attached hydrogen (secondary N) is 1. The number of hydrogen-bond donors (Lipinski definition) is 2. The molecule has 7 heteroatoms.